The van der Waals surface area contributed by atoms with Gasteiger partial charge in [-0.15, -0.1) is 0 Å². The second-order valence-corrected chi connectivity index (χ2v) is 1.55. The van der Waals surface area contributed by atoms with Crippen LogP contribution in [0, 0.1) is 0 Å². The molecule has 0 atom stereocenters. The first kappa shape index (κ1) is 8.74. The van der Waals surface area contributed by atoms with Crippen LogP contribution in [0.15, 0.2) is 12.3 Å². The van der Waals surface area contributed by atoms with Crippen LogP contribution in [0.2, 0.25) is 0 Å². The van der Waals surface area contributed by atoms with E-state index in [0.717, 1.165) is 6.08 Å². The lowest BCUT2D eigenvalue weighted by Crippen LogP contribution is -2.26. The van der Waals surface area contributed by atoms with Gasteiger partial charge in [-0.3, -0.25) is 14.9 Å². The molecule has 52 valence electrons. The van der Waals surface area contributed by atoms with Gasteiger partial charge in [0.25, 0.3) is 5.91 Å². The monoisotopic (exact) mass is 138 g/mol. The van der Waals surface area contributed by atoms with E-state index in [4.69, 9.17) is 7.98 Å². The van der Waals surface area contributed by atoms with Crippen LogP contribution in [0.1, 0.15) is 6.92 Å². The first-order chi connectivity index (χ1) is 4.66. The fraction of sp³-hybridized carbons (Fsp3) is 0.200. The Morgan fingerprint density at radius 2 is 2.10 bits per heavy atom. The third-order valence-corrected chi connectivity index (χ3v) is 0.630. The molecular formula is C5H7BN2O2. The van der Waals surface area contributed by atoms with Crippen LogP contribution in [0.25, 0.3) is 0 Å². The Balaban J connectivity index is 3.64. The molecule has 0 unspecified atom stereocenters. The molecule has 2 amide bonds. The summed E-state index contributed by atoms with van der Waals surface area (Å²) in [6, 6.07) is 0. The Labute approximate surface area is 60.1 Å². The van der Waals surface area contributed by atoms with Crippen molar-refractivity contribution in [2.75, 3.05) is 0 Å². The maximum Gasteiger partial charge on any atom is 0.251 e. The van der Waals surface area contributed by atoms with Crippen molar-refractivity contribution in [2.45, 2.75) is 6.92 Å². The summed E-state index contributed by atoms with van der Waals surface area (Å²) in [5.41, 5.74) is 0. The third-order valence-electron chi connectivity index (χ3n) is 0.630. The quantitative estimate of drug-likeness (QED) is 0.373. The topological polar surface area (TPSA) is 58.2 Å². The van der Waals surface area contributed by atoms with Gasteiger partial charge in [0.2, 0.25) is 13.9 Å². The minimum atomic E-state index is -0.495. The van der Waals surface area contributed by atoms with Crippen LogP contribution >= 0.6 is 0 Å². The van der Waals surface area contributed by atoms with Crippen LogP contribution in [0.3, 0.4) is 0 Å². The SMILES string of the molecule is [B]N/C=C\C(=O)NC(C)=O. The smallest absolute Gasteiger partial charge is 0.251 e. The fourth-order valence-corrected chi connectivity index (χ4v) is 0.339. The maximum absolute atomic E-state index is 10.5. The molecule has 0 saturated carbocycles. The summed E-state index contributed by atoms with van der Waals surface area (Å²) in [5.74, 6) is -0.892. The number of amides is 2. The zero-order valence-corrected chi connectivity index (χ0v) is 5.55. The fourth-order valence-electron chi connectivity index (χ4n) is 0.339. The van der Waals surface area contributed by atoms with Gasteiger partial charge in [0.1, 0.15) is 0 Å². The van der Waals surface area contributed by atoms with Gasteiger partial charge in [0, 0.05) is 13.0 Å². The molecule has 0 aliphatic heterocycles. The lowest BCUT2D eigenvalue weighted by molar-refractivity contribution is -0.126. The lowest BCUT2D eigenvalue weighted by Gasteiger charge is -1.92. The van der Waals surface area contributed by atoms with E-state index < -0.39 is 11.8 Å². The molecule has 0 aromatic heterocycles. The molecule has 0 aliphatic rings. The largest absolute Gasteiger partial charge is 0.443 e. The average molecular weight is 138 g/mol. The van der Waals surface area contributed by atoms with Gasteiger partial charge in [-0.25, -0.2) is 0 Å². The highest BCUT2D eigenvalue weighted by molar-refractivity contribution is 6.06. The van der Waals surface area contributed by atoms with Crippen LogP contribution in [0.4, 0.5) is 0 Å². The Morgan fingerprint density at radius 1 is 1.50 bits per heavy atom. The van der Waals surface area contributed by atoms with Gasteiger partial charge in [-0.2, -0.15) is 0 Å². The molecule has 0 rings (SSSR count). The van der Waals surface area contributed by atoms with E-state index in [1.54, 1.807) is 0 Å². The predicted octanol–water partition coefficient (Wildman–Crippen LogP) is -1.16. The maximum atomic E-state index is 10.5. The Hall–Kier alpha value is -1.26. The molecule has 2 N–H and O–H groups in total. The number of hydrogen-bond acceptors (Lipinski definition) is 3. The minimum absolute atomic E-state index is 0.397. The lowest BCUT2D eigenvalue weighted by atomic mass is 10.4. The predicted molar refractivity (Wildman–Crippen MR) is 36.9 cm³/mol. The van der Waals surface area contributed by atoms with E-state index in [1.165, 1.54) is 13.1 Å². The van der Waals surface area contributed by atoms with Crippen molar-refractivity contribution in [1.29, 1.82) is 0 Å². The van der Waals surface area contributed by atoms with Gasteiger partial charge in [0.05, 0.1) is 0 Å². The number of nitrogens with one attached hydrogen (secondary N) is 2. The van der Waals surface area contributed by atoms with Gasteiger partial charge < -0.3 is 5.23 Å². The minimum Gasteiger partial charge on any atom is -0.443 e. The molecule has 10 heavy (non-hydrogen) atoms. The van der Waals surface area contributed by atoms with Crippen molar-refractivity contribution in [3.8, 4) is 0 Å². The number of hydrogen-bond donors (Lipinski definition) is 2. The second kappa shape index (κ2) is 4.61. The zero-order valence-electron chi connectivity index (χ0n) is 5.55. The Morgan fingerprint density at radius 3 is 2.50 bits per heavy atom. The first-order valence-electron chi connectivity index (χ1n) is 2.61. The van der Waals surface area contributed by atoms with Crippen molar-refractivity contribution in [1.82, 2.24) is 10.5 Å². The van der Waals surface area contributed by atoms with Crippen molar-refractivity contribution >= 4 is 19.8 Å². The molecule has 0 aromatic rings. The molecule has 0 fully saturated rings. The van der Waals surface area contributed by atoms with Gasteiger partial charge in [-0.1, -0.05) is 0 Å². The molecule has 0 bridgehead atoms. The molecule has 0 saturated heterocycles. The van der Waals surface area contributed by atoms with Gasteiger partial charge >= 0.3 is 0 Å². The molecule has 4 nitrogen and oxygen atoms in total. The number of carbonyl (C=O) groups excluding carboxylic acids is 2. The Kier molecular flexibility index (Phi) is 4.03. The molecule has 0 aromatic carbocycles. The molecule has 5 heteroatoms. The second-order valence-electron chi connectivity index (χ2n) is 1.55. The van der Waals surface area contributed by atoms with E-state index in [0.29, 0.717) is 0 Å². The van der Waals surface area contributed by atoms with Crippen molar-refractivity contribution < 1.29 is 9.59 Å². The van der Waals surface area contributed by atoms with Gasteiger partial charge in [-0.05, 0) is 6.20 Å². The van der Waals surface area contributed by atoms with E-state index in [2.05, 4.69) is 5.23 Å². The average Bonchev–Trinajstić information content (AvgIpc) is 1.82. The standard InChI is InChI=1S/C5H7BN2O2/c1-4(9)8-5(10)2-3-7-6/h2-3,7H,1H3,(H,8,9,10)/b3-2-. The van der Waals surface area contributed by atoms with Crippen LogP contribution in [-0.4, -0.2) is 19.8 Å². The molecule has 0 heterocycles. The number of rotatable bonds is 2. The molecular weight excluding hydrogens is 131 g/mol. The summed E-state index contributed by atoms with van der Waals surface area (Å²) in [5, 5.41) is 4.14. The Bertz CT molecular complexity index is 167. The molecule has 2 radical (unpaired) electrons. The van der Waals surface area contributed by atoms with E-state index in [1.807, 2.05) is 5.32 Å². The van der Waals surface area contributed by atoms with Crippen LogP contribution < -0.4 is 10.5 Å². The number of carbonyl (C=O) groups is 2. The van der Waals surface area contributed by atoms with Crippen molar-refractivity contribution in [3.05, 3.63) is 12.3 Å². The summed E-state index contributed by atoms with van der Waals surface area (Å²) >= 11 is 0. The van der Waals surface area contributed by atoms with Crippen molar-refractivity contribution in [2.24, 2.45) is 0 Å². The van der Waals surface area contributed by atoms with Crippen LogP contribution in [0.5, 0.6) is 0 Å². The first-order valence-corrected chi connectivity index (χ1v) is 2.61. The highest BCUT2D eigenvalue weighted by Gasteiger charge is 1.95. The van der Waals surface area contributed by atoms with E-state index in [-0.39, 0.29) is 0 Å². The summed E-state index contributed by atoms with van der Waals surface area (Å²) in [6.45, 7) is 1.25. The van der Waals surface area contributed by atoms with Crippen molar-refractivity contribution in [3.63, 3.8) is 0 Å². The summed E-state index contributed by atoms with van der Waals surface area (Å²) in [7, 11) is 4.81. The zero-order chi connectivity index (χ0) is 7.98. The van der Waals surface area contributed by atoms with Gasteiger partial charge in [0.15, 0.2) is 0 Å². The summed E-state index contributed by atoms with van der Waals surface area (Å²) < 4.78 is 0. The van der Waals surface area contributed by atoms with E-state index in [9.17, 15) is 9.59 Å². The molecule has 0 spiro atoms. The normalized spacial score (nSPS) is 9.30. The summed E-state index contributed by atoms with van der Waals surface area (Å²) in [4.78, 5) is 20.7. The highest BCUT2D eigenvalue weighted by Crippen LogP contribution is 1.68. The molecule has 0 aliphatic carbocycles. The third kappa shape index (κ3) is 4.89. The number of imide groups is 1. The van der Waals surface area contributed by atoms with E-state index >= 15 is 0 Å². The summed E-state index contributed by atoms with van der Waals surface area (Å²) in [6.07, 6.45) is 2.33. The highest BCUT2D eigenvalue weighted by atomic mass is 16.2. The van der Waals surface area contributed by atoms with Crippen LogP contribution in [-0.2, 0) is 9.59 Å².